The number of hydrogen-bond acceptors (Lipinski definition) is 3. The second kappa shape index (κ2) is 6.65. The molecule has 1 amide bonds. The van der Waals surface area contributed by atoms with Crippen molar-refractivity contribution in [1.29, 1.82) is 0 Å². The number of nitrogens with one attached hydrogen (secondary N) is 1. The van der Waals surface area contributed by atoms with Crippen LogP contribution in [0.2, 0.25) is 0 Å². The molecule has 0 saturated heterocycles. The highest BCUT2D eigenvalue weighted by molar-refractivity contribution is 8.00. The van der Waals surface area contributed by atoms with Crippen molar-refractivity contribution in [1.82, 2.24) is 5.32 Å². The molecule has 1 aromatic carbocycles. The molecule has 1 aromatic rings. The Kier molecular flexibility index (Phi) is 5.43. The van der Waals surface area contributed by atoms with Crippen LogP contribution in [0.5, 0.6) is 0 Å². The van der Waals surface area contributed by atoms with Crippen LogP contribution in [-0.4, -0.2) is 28.5 Å². The second-order valence-electron chi connectivity index (χ2n) is 3.99. The van der Waals surface area contributed by atoms with Crippen molar-refractivity contribution >= 4 is 23.6 Å². The smallest absolute Gasteiger partial charge is 0.446 e. The van der Waals surface area contributed by atoms with Gasteiger partial charge in [0.25, 0.3) is 0 Å². The second-order valence-corrected chi connectivity index (χ2v) is 5.13. The number of rotatable bonds is 5. The standard InChI is InChI=1S/C12H12F3NO3S/c1-7(17)16-10(11(18)19)6-8-2-4-9(5-3-8)20-12(13,14)15/h2-5,10H,6H2,1H3,(H,16,17)(H,18,19). The fraction of sp³-hybridized carbons (Fsp3) is 0.333. The van der Waals surface area contributed by atoms with Crippen molar-refractivity contribution in [3.63, 3.8) is 0 Å². The van der Waals surface area contributed by atoms with Crippen molar-refractivity contribution in [2.75, 3.05) is 0 Å². The topological polar surface area (TPSA) is 66.4 Å². The van der Waals surface area contributed by atoms with E-state index in [4.69, 9.17) is 5.11 Å². The number of thioether (sulfide) groups is 1. The fourth-order valence-corrected chi connectivity index (χ4v) is 2.05. The summed E-state index contributed by atoms with van der Waals surface area (Å²) in [5.74, 6) is -1.68. The van der Waals surface area contributed by atoms with Crippen LogP contribution in [0.15, 0.2) is 29.2 Å². The maximum absolute atomic E-state index is 12.1. The summed E-state index contributed by atoms with van der Waals surface area (Å²) in [7, 11) is 0. The molecule has 0 aromatic heterocycles. The number of carbonyl (C=O) groups is 2. The van der Waals surface area contributed by atoms with Gasteiger partial charge in [-0.1, -0.05) is 12.1 Å². The van der Waals surface area contributed by atoms with Gasteiger partial charge in [0.1, 0.15) is 6.04 Å². The number of benzene rings is 1. The molecule has 4 nitrogen and oxygen atoms in total. The third kappa shape index (κ3) is 5.96. The number of amides is 1. The first-order valence-electron chi connectivity index (χ1n) is 5.52. The van der Waals surface area contributed by atoms with E-state index >= 15 is 0 Å². The van der Waals surface area contributed by atoms with E-state index in [0.29, 0.717) is 5.56 Å². The molecule has 0 fully saturated rings. The van der Waals surface area contributed by atoms with Crippen LogP contribution in [0.4, 0.5) is 13.2 Å². The maximum Gasteiger partial charge on any atom is 0.446 e. The Morgan fingerprint density at radius 2 is 1.85 bits per heavy atom. The maximum atomic E-state index is 12.1. The average Bonchev–Trinajstić information content (AvgIpc) is 2.28. The molecule has 0 aliphatic carbocycles. The third-order valence-electron chi connectivity index (χ3n) is 2.27. The largest absolute Gasteiger partial charge is 0.480 e. The molecule has 0 bridgehead atoms. The summed E-state index contributed by atoms with van der Waals surface area (Å²) in [6.07, 6.45) is 0.00583. The number of carboxylic acid groups (broad SMARTS) is 1. The fourth-order valence-electron chi connectivity index (χ4n) is 1.51. The molecule has 1 atom stereocenters. The molecule has 8 heteroatoms. The highest BCUT2D eigenvalue weighted by atomic mass is 32.2. The summed E-state index contributed by atoms with van der Waals surface area (Å²) in [4.78, 5) is 21.8. The molecule has 2 N–H and O–H groups in total. The molecule has 1 rings (SSSR count). The minimum absolute atomic E-state index is 0.00583. The first-order chi connectivity index (χ1) is 9.17. The van der Waals surface area contributed by atoms with Crippen molar-refractivity contribution in [3.8, 4) is 0 Å². The summed E-state index contributed by atoms with van der Waals surface area (Å²) in [6, 6.07) is 4.24. The predicted octanol–water partition coefficient (Wildman–Crippen LogP) is 2.43. The normalized spacial score (nSPS) is 12.8. The zero-order valence-electron chi connectivity index (χ0n) is 10.4. The summed E-state index contributed by atoms with van der Waals surface area (Å²) >= 11 is -0.241. The molecule has 20 heavy (non-hydrogen) atoms. The van der Waals surface area contributed by atoms with Crippen LogP contribution >= 0.6 is 11.8 Å². The lowest BCUT2D eigenvalue weighted by atomic mass is 10.1. The molecule has 0 spiro atoms. The zero-order valence-corrected chi connectivity index (χ0v) is 11.2. The Balaban J connectivity index is 2.72. The monoisotopic (exact) mass is 307 g/mol. The van der Waals surface area contributed by atoms with Gasteiger partial charge in [0.15, 0.2) is 0 Å². The van der Waals surface area contributed by atoms with Crippen LogP contribution < -0.4 is 5.32 Å². The Bertz CT molecular complexity index is 488. The lowest BCUT2D eigenvalue weighted by Crippen LogP contribution is -2.41. The van der Waals surface area contributed by atoms with E-state index in [1.807, 2.05) is 0 Å². The van der Waals surface area contributed by atoms with Crippen LogP contribution in [-0.2, 0) is 16.0 Å². The van der Waals surface area contributed by atoms with E-state index in [9.17, 15) is 22.8 Å². The molecule has 0 aliphatic heterocycles. The summed E-state index contributed by atoms with van der Waals surface area (Å²) in [5, 5.41) is 11.2. The van der Waals surface area contributed by atoms with E-state index in [-0.39, 0.29) is 23.1 Å². The Labute approximate surface area is 117 Å². The molecular formula is C12H12F3NO3S. The SMILES string of the molecule is CC(=O)NC(Cc1ccc(SC(F)(F)F)cc1)C(=O)O. The van der Waals surface area contributed by atoms with Gasteiger partial charge in [-0.25, -0.2) is 4.79 Å². The van der Waals surface area contributed by atoms with Gasteiger partial charge in [0.2, 0.25) is 5.91 Å². The molecule has 1 unspecified atom stereocenters. The van der Waals surface area contributed by atoms with Crippen LogP contribution in [0.3, 0.4) is 0 Å². The predicted molar refractivity (Wildman–Crippen MR) is 67.3 cm³/mol. The lowest BCUT2D eigenvalue weighted by molar-refractivity contribution is -0.141. The van der Waals surface area contributed by atoms with E-state index in [0.717, 1.165) is 0 Å². The van der Waals surface area contributed by atoms with Crippen molar-refractivity contribution in [3.05, 3.63) is 29.8 Å². The highest BCUT2D eigenvalue weighted by Gasteiger charge is 2.29. The highest BCUT2D eigenvalue weighted by Crippen LogP contribution is 2.36. The van der Waals surface area contributed by atoms with Gasteiger partial charge >= 0.3 is 11.5 Å². The molecule has 0 aliphatic rings. The number of hydrogen-bond donors (Lipinski definition) is 2. The van der Waals surface area contributed by atoms with Crippen LogP contribution in [0.25, 0.3) is 0 Å². The number of halogens is 3. The van der Waals surface area contributed by atoms with E-state index in [1.165, 1.54) is 31.2 Å². The van der Waals surface area contributed by atoms with Gasteiger partial charge < -0.3 is 10.4 Å². The number of aliphatic carboxylic acids is 1. The summed E-state index contributed by atoms with van der Waals surface area (Å²) < 4.78 is 36.4. The van der Waals surface area contributed by atoms with Gasteiger partial charge in [-0.3, -0.25) is 4.79 Å². The van der Waals surface area contributed by atoms with Crippen molar-refractivity contribution < 1.29 is 27.9 Å². The van der Waals surface area contributed by atoms with Gasteiger partial charge in [-0.05, 0) is 29.5 Å². The summed E-state index contributed by atoms with van der Waals surface area (Å²) in [6.45, 7) is 1.19. The van der Waals surface area contributed by atoms with E-state index in [1.54, 1.807) is 0 Å². The van der Waals surface area contributed by atoms with E-state index < -0.39 is 23.4 Å². The van der Waals surface area contributed by atoms with Gasteiger partial charge in [-0.15, -0.1) is 0 Å². The first-order valence-corrected chi connectivity index (χ1v) is 6.33. The molecule has 110 valence electrons. The van der Waals surface area contributed by atoms with Crippen LogP contribution in [0, 0.1) is 0 Å². The minimum atomic E-state index is -4.36. The van der Waals surface area contributed by atoms with Crippen molar-refractivity contribution in [2.24, 2.45) is 0 Å². The summed E-state index contributed by atoms with van der Waals surface area (Å²) in [5.41, 5.74) is -3.83. The molecule has 0 radical (unpaired) electrons. The van der Waals surface area contributed by atoms with Gasteiger partial charge in [-0.2, -0.15) is 13.2 Å². The Morgan fingerprint density at radius 3 is 2.25 bits per heavy atom. The minimum Gasteiger partial charge on any atom is -0.480 e. The number of alkyl halides is 3. The lowest BCUT2D eigenvalue weighted by Gasteiger charge is -2.13. The number of carbonyl (C=O) groups excluding carboxylic acids is 1. The Morgan fingerprint density at radius 1 is 1.30 bits per heavy atom. The van der Waals surface area contributed by atoms with Gasteiger partial charge in [0.05, 0.1) is 0 Å². The molecule has 0 saturated carbocycles. The molecular weight excluding hydrogens is 295 g/mol. The first kappa shape index (κ1) is 16.4. The van der Waals surface area contributed by atoms with E-state index in [2.05, 4.69) is 5.32 Å². The average molecular weight is 307 g/mol. The zero-order chi connectivity index (χ0) is 15.3. The number of carboxylic acids is 1. The van der Waals surface area contributed by atoms with Crippen LogP contribution in [0.1, 0.15) is 12.5 Å². The quantitative estimate of drug-likeness (QED) is 0.820. The third-order valence-corrected chi connectivity index (χ3v) is 3.01. The molecule has 0 heterocycles. The van der Waals surface area contributed by atoms with Gasteiger partial charge in [0, 0.05) is 18.2 Å². The Hall–Kier alpha value is -1.70. The van der Waals surface area contributed by atoms with Crippen molar-refractivity contribution in [2.45, 2.75) is 29.8 Å².